The molecule has 0 bridgehead atoms. The molecule has 5 heteroatoms. The van der Waals surface area contributed by atoms with E-state index in [0.717, 1.165) is 12.8 Å². The van der Waals surface area contributed by atoms with Gasteiger partial charge in [0.15, 0.2) is 0 Å². The second-order valence-corrected chi connectivity index (χ2v) is 6.45. The Morgan fingerprint density at radius 1 is 1.29 bits per heavy atom. The first-order chi connectivity index (χ1) is 11.6. The third-order valence-electron chi connectivity index (χ3n) is 4.40. The first kappa shape index (κ1) is 16.8. The van der Waals surface area contributed by atoms with Crippen molar-refractivity contribution in [1.29, 1.82) is 0 Å². The molecule has 2 atom stereocenters. The molecule has 0 fully saturated rings. The number of halogens is 1. The third-order valence-corrected chi connectivity index (χ3v) is 4.63. The van der Waals surface area contributed by atoms with Crippen molar-refractivity contribution in [2.75, 3.05) is 12.4 Å². The predicted molar refractivity (Wildman–Crippen MR) is 96.7 cm³/mol. The summed E-state index contributed by atoms with van der Waals surface area (Å²) >= 11 is 6.01. The van der Waals surface area contributed by atoms with Crippen LogP contribution >= 0.6 is 11.6 Å². The lowest BCUT2D eigenvalue weighted by atomic mass is 10.1. The van der Waals surface area contributed by atoms with Crippen LogP contribution in [0.1, 0.15) is 30.5 Å². The van der Waals surface area contributed by atoms with Crippen LogP contribution in [0.3, 0.4) is 0 Å². The minimum atomic E-state index is -0.329. The molecule has 0 aliphatic heterocycles. The van der Waals surface area contributed by atoms with E-state index in [0.29, 0.717) is 16.5 Å². The van der Waals surface area contributed by atoms with E-state index in [1.54, 1.807) is 25.3 Å². The van der Waals surface area contributed by atoms with E-state index in [1.807, 2.05) is 13.0 Å². The van der Waals surface area contributed by atoms with Crippen LogP contribution in [0.4, 0.5) is 5.69 Å². The van der Waals surface area contributed by atoms with Crippen LogP contribution in [0, 0.1) is 0 Å². The SMILES string of the molecule is COc1ccc(Cl)cc1NC(=O)[C@H](C)N[C@@H]1CCc2ccccc21. The Morgan fingerprint density at radius 2 is 2.08 bits per heavy atom. The fourth-order valence-electron chi connectivity index (χ4n) is 3.13. The Kier molecular flexibility index (Phi) is 5.07. The largest absolute Gasteiger partial charge is 0.495 e. The molecule has 4 nitrogen and oxygen atoms in total. The molecule has 2 N–H and O–H groups in total. The van der Waals surface area contributed by atoms with Crippen molar-refractivity contribution in [2.45, 2.75) is 31.8 Å². The lowest BCUT2D eigenvalue weighted by Gasteiger charge is -2.20. The first-order valence-electron chi connectivity index (χ1n) is 8.06. The summed E-state index contributed by atoms with van der Waals surface area (Å²) in [4.78, 5) is 12.5. The number of nitrogens with one attached hydrogen (secondary N) is 2. The van der Waals surface area contributed by atoms with Gasteiger partial charge in [0.25, 0.3) is 0 Å². The summed E-state index contributed by atoms with van der Waals surface area (Å²) in [5.41, 5.74) is 3.23. The van der Waals surface area contributed by atoms with Crippen molar-refractivity contribution < 1.29 is 9.53 Å². The zero-order chi connectivity index (χ0) is 17.1. The fourth-order valence-corrected chi connectivity index (χ4v) is 3.30. The van der Waals surface area contributed by atoms with Gasteiger partial charge in [0, 0.05) is 11.1 Å². The van der Waals surface area contributed by atoms with E-state index >= 15 is 0 Å². The van der Waals surface area contributed by atoms with Gasteiger partial charge in [-0.1, -0.05) is 35.9 Å². The molecule has 0 saturated carbocycles. The van der Waals surface area contributed by atoms with E-state index in [-0.39, 0.29) is 18.0 Å². The highest BCUT2D eigenvalue weighted by molar-refractivity contribution is 6.31. The monoisotopic (exact) mass is 344 g/mol. The summed E-state index contributed by atoms with van der Waals surface area (Å²) in [5, 5.41) is 6.86. The van der Waals surface area contributed by atoms with Gasteiger partial charge in [-0.2, -0.15) is 0 Å². The first-order valence-corrected chi connectivity index (χ1v) is 8.44. The maximum atomic E-state index is 12.5. The third kappa shape index (κ3) is 3.55. The topological polar surface area (TPSA) is 50.4 Å². The molecule has 2 aromatic rings. The Bertz CT molecular complexity index is 748. The van der Waals surface area contributed by atoms with E-state index in [1.165, 1.54) is 11.1 Å². The Balaban J connectivity index is 1.67. The van der Waals surface area contributed by atoms with Crippen molar-refractivity contribution in [2.24, 2.45) is 0 Å². The second-order valence-electron chi connectivity index (χ2n) is 6.01. The number of methoxy groups -OCH3 is 1. The number of carbonyl (C=O) groups excluding carboxylic acids is 1. The Morgan fingerprint density at radius 3 is 2.88 bits per heavy atom. The van der Waals surface area contributed by atoms with Gasteiger partial charge in [0.2, 0.25) is 5.91 Å². The number of amides is 1. The van der Waals surface area contributed by atoms with Crippen molar-refractivity contribution >= 4 is 23.2 Å². The lowest BCUT2D eigenvalue weighted by molar-refractivity contribution is -0.118. The molecule has 1 aliphatic rings. The number of hydrogen-bond donors (Lipinski definition) is 2. The highest BCUT2D eigenvalue weighted by Crippen LogP contribution is 2.31. The van der Waals surface area contributed by atoms with Crippen molar-refractivity contribution in [3.8, 4) is 5.75 Å². The molecule has 1 amide bonds. The number of rotatable bonds is 5. The highest BCUT2D eigenvalue weighted by Gasteiger charge is 2.25. The minimum Gasteiger partial charge on any atom is -0.495 e. The van der Waals surface area contributed by atoms with Gasteiger partial charge in [-0.15, -0.1) is 0 Å². The van der Waals surface area contributed by atoms with Gasteiger partial charge < -0.3 is 10.1 Å². The Hall–Kier alpha value is -2.04. The average Bonchev–Trinajstić information content (AvgIpc) is 2.98. The number of aryl methyl sites for hydroxylation is 1. The summed E-state index contributed by atoms with van der Waals surface area (Å²) in [7, 11) is 1.57. The van der Waals surface area contributed by atoms with E-state index in [9.17, 15) is 4.79 Å². The van der Waals surface area contributed by atoms with Crippen LogP contribution in [0.25, 0.3) is 0 Å². The molecule has 1 aliphatic carbocycles. The predicted octanol–water partition coefficient (Wildman–Crippen LogP) is 3.95. The van der Waals surface area contributed by atoms with Crippen LogP contribution in [0.15, 0.2) is 42.5 Å². The molecule has 24 heavy (non-hydrogen) atoms. The smallest absolute Gasteiger partial charge is 0.241 e. The molecule has 2 aromatic carbocycles. The van der Waals surface area contributed by atoms with Gasteiger partial charge in [0.05, 0.1) is 18.8 Å². The number of ether oxygens (including phenoxy) is 1. The quantitative estimate of drug-likeness (QED) is 0.863. The summed E-state index contributed by atoms with van der Waals surface area (Å²) in [6.45, 7) is 1.87. The normalized spacial score (nSPS) is 17.2. The van der Waals surface area contributed by atoms with Gasteiger partial charge in [-0.25, -0.2) is 0 Å². The van der Waals surface area contributed by atoms with Crippen LogP contribution in [-0.4, -0.2) is 19.1 Å². The Labute approximate surface area is 147 Å². The highest BCUT2D eigenvalue weighted by atomic mass is 35.5. The maximum Gasteiger partial charge on any atom is 0.241 e. The second kappa shape index (κ2) is 7.24. The summed E-state index contributed by atoms with van der Waals surface area (Å²) < 4.78 is 5.27. The number of anilines is 1. The number of hydrogen-bond acceptors (Lipinski definition) is 3. The fraction of sp³-hybridized carbons (Fsp3) is 0.316. The van der Waals surface area contributed by atoms with Crippen LogP contribution in [0.5, 0.6) is 5.75 Å². The van der Waals surface area contributed by atoms with E-state index < -0.39 is 0 Å². The van der Waals surface area contributed by atoms with Gasteiger partial charge in [0.1, 0.15) is 5.75 Å². The molecular weight excluding hydrogens is 324 g/mol. The molecule has 0 unspecified atom stereocenters. The van der Waals surface area contributed by atoms with Crippen LogP contribution < -0.4 is 15.4 Å². The summed E-state index contributed by atoms with van der Waals surface area (Å²) in [6, 6.07) is 13.4. The standard InChI is InChI=1S/C19H21ClN2O2/c1-12(21-16-9-7-13-5-3-4-6-15(13)16)19(23)22-17-11-14(20)8-10-18(17)24-2/h3-6,8,10-12,16,21H,7,9H2,1-2H3,(H,22,23)/t12-,16+/m0/s1. The van der Waals surface area contributed by atoms with Gasteiger partial charge >= 0.3 is 0 Å². The molecular formula is C19H21ClN2O2. The van der Waals surface area contributed by atoms with Gasteiger partial charge in [-0.3, -0.25) is 10.1 Å². The molecule has 0 heterocycles. The zero-order valence-corrected chi connectivity index (χ0v) is 14.6. The van der Waals surface area contributed by atoms with E-state index in [4.69, 9.17) is 16.3 Å². The molecule has 0 aromatic heterocycles. The van der Waals surface area contributed by atoms with Crippen LogP contribution in [0.2, 0.25) is 5.02 Å². The molecule has 0 radical (unpaired) electrons. The average molecular weight is 345 g/mol. The molecule has 126 valence electrons. The number of fused-ring (bicyclic) bond motifs is 1. The number of benzene rings is 2. The van der Waals surface area contributed by atoms with Crippen molar-refractivity contribution in [3.05, 3.63) is 58.6 Å². The van der Waals surface area contributed by atoms with Crippen LogP contribution in [-0.2, 0) is 11.2 Å². The zero-order valence-electron chi connectivity index (χ0n) is 13.8. The van der Waals surface area contributed by atoms with E-state index in [2.05, 4.69) is 28.8 Å². The summed E-state index contributed by atoms with van der Waals surface area (Å²) in [6.07, 6.45) is 2.06. The maximum absolute atomic E-state index is 12.5. The molecule has 0 saturated heterocycles. The van der Waals surface area contributed by atoms with Gasteiger partial charge in [-0.05, 0) is 49.1 Å². The van der Waals surface area contributed by atoms with Crippen molar-refractivity contribution in [3.63, 3.8) is 0 Å². The lowest BCUT2D eigenvalue weighted by Crippen LogP contribution is -2.39. The van der Waals surface area contributed by atoms with Crippen molar-refractivity contribution in [1.82, 2.24) is 5.32 Å². The minimum absolute atomic E-state index is 0.111. The molecule has 3 rings (SSSR count). The summed E-state index contributed by atoms with van der Waals surface area (Å²) in [5.74, 6) is 0.478. The number of carbonyl (C=O) groups is 1. The molecule has 0 spiro atoms.